The molecule has 0 radical (unpaired) electrons. The fourth-order valence-corrected chi connectivity index (χ4v) is 2.95. The molecule has 1 aromatic heterocycles. The van der Waals surface area contributed by atoms with Crippen molar-refractivity contribution in [1.82, 2.24) is 9.97 Å². The predicted octanol–water partition coefficient (Wildman–Crippen LogP) is 4.98. The second-order valence-corrected chi connectivity index (χ2v) is 6.77. The second-order valence-electron chi connectivity index (χ2n) is 5.33. The standard InChI is InChI=1S/C15H24ClIN2O/c1-6-15(7-2,20-8-3)14-18-11(9-10(4)5)12(17)13(16)19-14/h10H,6-9H2,1-5H3. The van der Waals surface area contributed by atoms with Crippen LogP contribution in [0.25, 0.3) is 0 Å². The van der Waals surface area contributed by atoms with Crippen molar-refractivity contribution in [3.8, 4) is 0 Å². The van der Waals surface area contributed by atoms with E-state index in [4.69, 9.17) is 21.3 Å². The summed E-state index contributed by atoms with van der Waals surface area (Å²) in [6, 6.07) is 0. The van der Waals surface area contributed by atoms with Gasteiger partial charge >= 0.3 is 0 Å². The lowest BCUT2D eigenvalue weighted by molar-refractivity contribution is -0.0573. The number of rotatable bonds is 7. The molecule has 0 N–H and O–H groups in total. The van der Waals surface area contributed by atoms with E-state index >= 15 is 0 Å². The summed E-state index contributed by atoms with van der Waals surface area (Å²) in [7, 11) is 0. The van der Waals surface area contributed by atoms with E-state index in [0.717, 1.165) is 34.4 Å². The molecule has 1 heterocycles. The molecule has 0 unspecified atom stereocenters. The average Bonchev–Trinajstić information content (AvgIpc) is 2.40. The fourth-order valence-electron chi connectivity index (χ4n) is 2.30. The zero-order valence-corrected chi connectivity index (χ0v) is 15.9. The van der Waals surface area contributed by atoms with Crippen molar-refractivity contribution in [2.45, 2.75) is 59.5 Å². The first-order chi connectivity index (χ1) is 9.40. The van der Waals surface area contributed by atoms with Crippen molar-refractivity contribution in [3.05, 3.63) is 20.2 Å². The van der Waals surface area contributed by atoms with Crippen molar-refractivity contribution in [2.24, 2.45) is 5.92 Å². The van der Waals surface area contributed by atoms with Crippen LogP contribution in [0.2, 0.25) is 5.15 Å². The van der Waals surface area contributed by atoms with Gasteiger partial charge in [-0.15, -0.1) is 0 Å². The molecule has 0 spiro atoms. The lowest BCUT2D eigenvalue weighted by Crippen LogP contribution is -2.31. The van der Waals surface area contributed by atoms with E-state index in [0.29, 0.717) is 17.7 Å². The summed E-state index contributed by atoms with van der Waals surface area (Å²) in [4.78, 5) is 9.27. The molecule has 0 aliphatic heterocycles. The topological polar surface area (TPSA) is 35.0 Å². The Hall–Kier alpha value is 0.0600. The molecule has 0 amide bonds. The van der Waals surface area contributed by atoms with Gasteiger partial charge in [0.15, 0.2) is 5.82 Å². The summed E-state index contributed by atoms with van der Waals surface area (Å²) in [5.41, 5.74) is 0.607. The molecule has 0 atom stereocenters. The molecule has 0 bridgehead atoms. The minimum absolute atomic E-state index is 0.422. The highest BCUT2D eigenvalue weighted by Gasteiger charge is 2.33. The summed E-state index contributed by atoms with van der Waals surface area (Å²) < 4.78 is 6.94. The van der Waals surface area contributed by atoms with Crippen molar-refractivity contribution in [1.29, 1.82) is 0 Å². The maximum absolute atomic E-state index is 6.31. The number of ether oxygens (including phenoxy) is 1. The largest absolute Gasteiger partial charge is 0.367 e. The van der Waals surface area contributed by atoms with E-state index in [9.17, 15) is 0 Å². The Balaban J connectivity index is 3.32. The van der Waals surface area contributed by atoms with Gasteiger partial charge in [0, 0.05) is 6.61 Å². The monoisotopic (exact) mass is 410 g/mol. The Morgan fingerprint density at radius 1 is 1.20 bits per heavy atom. The molecule has 20 heavy (non-hydrogen) atoms. The summed E-state index contributed by atoms with van der Waals surface area (Å²) >= 11 is 8.54. The molecular weight excluding hydrogens is 387 g/mol. The normalized spacial score (nSPS) is 12.2. The maximum Gasteiger partial charge on any atom is 0.162 e. The molecule has 0 saturated heterocycles. The Morgan fingerprint density at radius 3 is 2.25 bits per heavy atom. The van der Waals surface area contributed by atoms with Gasteiger partial charge in [-0.3, -0.25) is 0 Å². The average molecular weight is 411 g/mol. The van der Waals surface area contributed by atoms with Crippen molar-refractivity contribution in [2.75, 3.05) is 6.61 Å². The number of hydrogen-bond acceptors (Lipinski definition) is 3. The lowest BCUT2D eigenvalue weighted by atomic mass is 9.95. The SMILES string of the molecule is CCOC(CC)(CC)c1nc(Cl)c(I)c(CC(C)C)n1. The molecule has 3 nitrogen and oxygen atoms in total. The zero-order chi connectivity index (χ0) is 15.3. The highest BCUT2D eigenvalue weighted by molar-refractivity contribution is 14.1. The Bertz CT molecular complexity index is 448. The van der Waals surface area contributed by atoms with Gasteiger partial charge in [-0.25, -0.2) is 9.97 Å². The smallest absolute Gasteiger partial charge is 0.162 e. The van der Waals surface area contributed by atoms with Crippen molar-refractivity contribution in [3.63, 3.8) is 0 Å². The molecule has 0 aliphatic carbocycles. The van der Waals surface area contributed by atoms with Gasteiger partial charge < -0.3 is 4.74 Å². The van der Waals surface area contributed by atoms with Gasteiger partial charge in [0.05, 0.1) is 9.26 Å². The third-order valence-electron chi connectivity index (χ3n) is 3.45. The number of hydrogen-bond donors (Lipinski definition) is 0. The molecule has 1 aromatic rings. The Morgan fingerprint density at radius 2 is 1.80 bits per heavy atom. The Kier molecular flexibility index (Phi) is 7.15. The third kappa shape index (κ3) is 4.04. The summed E-state index contributed by atoms with van der Waals surface area (Å²) in [5, 5.41) is 0.539. The first kappa shape index (κ1) is 18.1. The lowest BCUT2D eigenvalue weighted by Gasteiger charge is -2.30. The van der Waals surface area contributed by atoms with E-state index in [2.05, 4.69) is 55.3 Å². The highest BCUT2D eigenvalue weighted by Crippen LogP contribution is 2.33. The quantitative estimate of drug-likeness (QED) is 0.469. The van der Waals surface area contributed by atoms with Gasteiger partial charge in [0.25, 0.3) is 0 Å². The van der Waals surface area contributed by atoms with Crippen LogP contribution in [0, 0.1) is 9.49 Å². The first-order valence-corrected chi connectivity index (χ1v) is 8.72. The number of nitrogens with zero attached hydrogens (tertiary/aromatic N) is 2. The zero-order valence-electron chi connectivity index (χ0n) is 13.0. The van der Waals surface area contributed by atoms with Gasteiger partial charge in [0.1, 0.15) is 10.8 Å². The van der Waals surface area contributed by atoms with Crippen molar-refractivity contribution >= 4 is 34.2 Å². The number of halogens is 2. The van der Waals surface area contributed by atoms with E-state index < -0.39 is 5.60 Å². The fraction of sp³-hybridized carbons (Fsp3) is 0.733. The van der Waals surface area contributed by atoms with Gasteiger partial charge in [0.2, 0.25) is 0 Å². The minimum Gasteiger partial charge on any atom is -0.367 e. The summed E-state index contributed by atoms with van der Waals surface area (Å²) in [6.45, 7) is 11.2. The van der Waals surface area contributed by atoms with Crippen LogP contribution in [0.4, 0.5) is 0 Å². The van der Waals surface area contributed by atoms with Gasteiger partial charge in [-0.2, -0.15) is 0 Å². The minimum atomic E-state index is -0.422. The van der Waals surface area contributed by atoms with Crippen LogP contribution >= 0.6 is 34.2 Å². The predicted molar refractivity (Wildman–Crippen MR) is 92.2 cm³/mol. The first-order valence-electron chi connectivity index (χ1n) is 7.26. The summed E-state index contributed by atoms with van der Waals surface area (Å²) in [5.74, 6) is 1.26. The van der Waals surface area contributed by atoms with E-state index in [1.165, 1.54) is 0 Å². The van der Waals surface area contributed by atoms with Crippen LogP contribution in [-0.4, -0.2) is 16.6 Å². The van der Waals surface area contributed by atoms with Gasteiger partial charge in [-0.1, -0.05) is 39.3 Å². The van der Waals surface area contributed by atoms with Crippen LogP contribution in [0.15, 0.2) is 0 Å². The third-order valence-corrected chi connectivity index (χ3v) is 5.18. The van der Waals surface area contributed by atoms with Crippen LogP contribution in [0.5, 0.6) is 0 Å². The second kappa shape index (κ2) is 7.90. The molecule has 0 aromatic carbocycles. The van der Waals surface area contributed by atoms with Crippen LogP contribution < -0.4 is 0 Å². The molecule has 0 saturated carbocycles. The maximum atomic E-state index is 6.31. The van der Waals surface area contributed by atoms with Crippen LogP contribution in [0.3, 0.4) is 0 Å². The molecule has 1 rings (SSSR count). The Labute approximate surface area is 141 Å². The molecule has 5 heteroatoms. The molecule has 114 valence electrons. The molecule has 0 fully saturated rings. The van der Waals surface area contributed by atoms with Gasteiger partial charge in [-0.05, 0) is 54.7 Å². The van der Waals surface area contributed by atoms with E-state index in [-0.39, 0.29) is 0 Å². The number of aromatic nitrogens is 2. The van der Waals surface area contributed by atoms with Crippen molar-refractivity contribution < 1.29 is 4.74 Å². The van der Waals surface area contributed by atoms with E-state index in [1.807, 2.05) is 6.92 Å². The molecule has 0 aliphatic rings. The summed E-state index contributed by atoms with van der Waals surface area (Å²) in [6.07, 6.45) is 2.59. The molecular formula is C15H24ClIN2O. The van der Waals surface area contributed by atoms with Crippen LogP contribution in [-0.2, 0) is 16.8 Å². The van der Waals surface area contributed by atoms with E-state index in [1.54, 1.807) is 0 Å². The van der Waals surface area contributed by atoms with Crippen LogP contribution in [0.1, 0.15) is 59.0 Å². The highest BCUT2D eigenvalue weighted by atomic mass is 127.